The molecule has 0 saturated carbocycles. The number of likely N-dealkylation sites (tertiary alicyclic amines) is 1. The standard InChI is InChI=1S/C28H40F3NO3Si/c1-18(2)36(19(3)4,20(5)6)35-27-16-24(30)23(15-25(27)31)26(33)17-32-12-10-28(34,11-13-32)21-8-7-9-22(29)14-21/h7-9,14-16,18-20,26,33-34H,10-13,17H2,1-6H3. The number of β-amino-alcohol motifs (C(OH)–C–C–N with tert-alkyl or cyclic N) is 1. The van der Waals surface area contributed by atoms with Crippen molar-refractivity contribution in [3.63, 3.8) is 0 Å². The Bertz CT molecular complexity index is 1020. The van der Waals surface area contributed by atoms with Crippen molar-refractivity contribution in [1.82, 2.24) is 4.90 Å². The van der Waals surface area contributed by atoms with E-state index in [1.807, 2.05) is 4.90 Å². The average molecular weight is 524 g/mol. The Morgan fingerprint density at radius 2 is 1.50 bits per heavy atom. The van der Waals surface area contributed by atoms with Gasteiger partial charge in [0.15, 0.2) is 5.82 Å². The molecule has 36 heavy (non-hydrogen) atoms. The van der Waals surface area contributed by atoms with Gasteiger partial charge in [0, 0.05) is 31.3 Å². The van der Waals surface area contributed by atoms with E-state index in [1.165, 1.54) is 12.1 Å². The third-order valence-electron chi connectivity index (χ3n) is 7.88. The lowest BCUT2D eigenvalue weighted by Gasteiger charge is -2.42. The van der Waals surface area contributed by atoms with Crippen LogP contribution in [0.3, 0.4) is 0 Å². The molecule has 0 spiro atoms. The molecule has 0 aromatic heterocycles. The number of halogens is 3. The quantitative estimate of drug-likeness (QED) is 0.360. The maximum atomic E-state index is 15.2. The van der Waals surface area contributed by atoms with Crippen LogP contribution in [0.5, 0.6) is 5.75 Å². The zero-order valence-electron chi connectivity index (χ0n) is 22.2. The van der Waals surface area contributed by atoms with Crippen molar-refractivity contribution in [3.8, 4) is 5.75 Å². The Kier molecular flexibility index (Phi) is 8.97. The second-order valence-corrected chi connectivity index (χ2v) is 16.5. The van der Waals surface area contributed by atoms with E-state index in [-0.39, 0.29) is 34.5 Å². The van der Waals surface area contributed by atoms with Crippen molar-refractivity contribution in [2.24, 2.45) is 0 Å². The van der Waals surface area contributed by atoms with Crippen molar-refractivity contribution in [1.29, 1.82) is 0 Å². The minimum Gasteiger partial charge on any atom is -0.541 e. The van der Waals surface area contributed by atoms with E-state index in [2.05, 4.69) is 41.5 Å². The number of hydrogen-bond donors (Lipinski definition) is 2. The van der Waals surface area contributed by atoms with Crippen molar-refractivity contribution >= 4 is 8.32 Å². The first-order valence-electron chi connectivity index (χ1n) is 12.9. The molecule has 8 heteroatoms. The molecule has 1 unspecified atom stereocenters. The fourth-order valence-electron chi connectivity index (χ4n) is 5.94. The second kappa shape index (κ2) is 11.3. The Morgan fingerprint density at radius 3 is 2.03 bits per heavy atom. The maximum Gasteiger partial charge on any atom is 0.258 e. The number of piperidine rings is 1. The number of hydrogen-bond acceptors (Lipinski definition) is 4. The van der Waals surface area contributed by atoms with Crippen LogP contribution >= 0.6 is 0 Å². The number of nitrogens with zero attached hydrogens (tertiary/aromatic N) is 1. The van der Waals surface area contributed by atoms with Crippen LogP contribution in [-0.4, -0.2) is 43.1 Å². The fourth-order valence-corrected chi connectivity index (χ4v) is 11.2. The summed E-state index contributed by atoms with van der Waals surface area (Å²) in [5.41, 5.74) is -0.132. The van der Waals surface area contributed by atoms with Crippen LogP contribution in [0.2, 0.25) is 16.6 Å². The first-order chi connectivity index (χ1) is 16.8. The SMILES string of the molecule is CC(C)[Si](Oc1cc(F)c(C(O)CN2CCC(O)(c3cccc(F)c3)CC2)cc1F)(C(C)C)C(C)C. The maximum absolute atomic E-state index is 15.2. The summed E-state index contributed by atoms with van der Waals surface area (Å²) in [4.78, 5) is 1.90. The number of aliphatic hydroxyl groups excluding tert-OH is 1. The Balaban J connectivity index is 1.72. The topological polar surface area (TPSA) is 52.9 Å². The fraction of sp³-hybridized carbons (Fsp3) is 0.571. The van der Waals surface area contributed by atoms with Crippen LogP contribution in [0, 0.1) is 17.5 Å². The van der Waals surface area contributed by atoms with Gasteiger partial charge in [0.25, 0.3) is 8.32 Å². The summed E-state index contributed by atoms with van der Waals surface area (Å²) in [6.07, 6.45) is -0.547. The predicted molar refractivity (Wildman–Crippen MR) is 139 cm³/mol. The van der Waals surface area contributed by atoms with Gasteiger partial charge in [-0.15, -0.1) is 0 Å². The molecule has 1 heterocycles. The summed E-state index contributed by atoms with van der Waals surface area (Å²) in [6, 6.07) is 8.05. The second-order valence-electron chi connectivity index (χ2n) is 11.1. The van der Waals surface area contributed by atoms with Gasteiger partial charge in [-0.25, -0.2) is 13.2 Å². The van der Waals surface area contributed by atoms with Gasteiger partial charge in [-0.2, -0.15) is 0 Å². The summed E-state index contributed by atoms with van der Waals surface area (Å²) in [5, 5.41) is 21.7. The molecule has 0 radical (unpaired) electrons. The van der Waals surface area contributed by atoms with Crippen LogP contribution in [0.1, 0.15) is 71.6 Å². The zero-order chi connectivity index (χ0) is 26.8. The molecular formula is C28H40F3NO3Si. The minimum absolute atomic E-state index is 0.0932. The molecule has 1 aliphatic rings. The summed E-state index contributed by atoms with van der Waals surface area (Å²) in [7, 11) is -2.47. The van der Waals surface area contributed by atoms with E-state index in [0.717, 1.165) is 12.1 Å². The molecule has 0 bridgehead atoms. The molecule has 1 atom stereocenters. The van der Waals surface area contributed by atoms with E-state index >= 15 is 8.78 Å². The monoisotopic (exact) mass is 523 g/mol. The number of aliphatic hydroxyl groups is 2. The number of rotatable bonds is 9. The van der Waals surface area contributed by atoms with Crippen LogP contribution in [0.15, 0.2) is 36.4 Å². The summed E-state index contributed by atoms with van der Waals surface area (Å²) in [5.74, 6) is -1.88. The lowest BCUT2D eigenvalue weighted by molar-refractivity contribution is -0.0349. The lowest BCUT2D eigenvalue weighted by Crippen LogP contribution is -2.50. The Labute approximate surface area is 214 Å². The summed E-state index contributed by atoms with van der Waals surface area (Å²) >= 11 is 0. The first kappa shape index (κ1) is 28.7. The molecule has 2 aromatic carbocycles. The van der Waals surface area contributed by atoms with Gasteiger partial charge in [-0.1, -0.05) is 53.7 Å². The molecule has 0 amide bonds. The minimum atomic E-state index is -2.47. The zero-order valence-corrected chi connectivity index (χ0v) is 23.2. The predicted octanol–water partition coefficient (Wildman–Crippen LogP) is 6.68. The molecule has 1 saturated heterocycles. The number of benzene rings is 2. The van der Waals surface area contributed by atoms with E-state index in [9.17, 15) is 14.6 Å². The summed E-state index contributed by atoms with van der Waals surface area (Å²) in [6.45, 7) is 13.4. The van der Waals surface area contributed by atoms with E-state index in [0.29, 0.717) is 31.5 Å². The van der Waals surface area contributed by atoms with Gasteiger partial charge in [0.1, 0.15) is 17.4 Å². The highest BCUT2D eigenvalue weighted by Crippen LogP contribution is 2.44. The van der Waals surface area contributed by atoms with Crippen molar-refractivity contribution in [2.75, 3.05) is 19.6 Å². The normalized spacial score (nSPS) is 17.7. The average Bonchev–Trinajstić information content (AvgIpc) is 2.80. The third-order valence-corrected chi connectivity index (χ3v) is 13.9. The molecule has 2 aromatic rings. The third kappa shape index (κ3) is 5.82. The lowest BCUT2D eigenvalue weighted by atomic mass is 9.84. The largest absolute Gasteiger partial charge is 0.541 e. The smallest absolute Gasteiger partial charge is 0.258 e. The van der Waals surface area contributed by atoms with Gasteiger partial charge in [0.2, 0.25) is 0 Å². The van der Waals surface area contributed by atoms with E-state index in [1.54, 1.807) is 12.1 Å². The van der Waals surface area contributed by atoms with Crippen LogP contribution in [0.25, 0.3) is 0 Å². The van der Waals surface area contributed by atoms with Gasteiger partial charge >= 0.3 is 0 Å². The molecule has 1 fully saturated rings. The Morgan fingerprint density at radius 1 is 0.917 bits per heavy atom. The van der Waals surface area contributed by atoms with E-state index < -0.39 is 37.5 Å². The van der Waals surface area contributed by atoms with Gasteiger partial charge in [-0.3, -0.25) is 0 Å². The Hall–Kier alpha value is -1.87. The van der Waals surface area contributed by atoms with Crippen LogP contribution in [0.4, 0.5) is 13.2 Å². The molecule has 3 rings (SSSR count). The van der Waals surface area contributed by atoms with Crippen molar-refractivity contribution in [3.05, 3.63) is 65.0 Å². The van der Waals surface area contributed by atoms with Crippen molar-refractivity contribution < 1.29 is 27.8 Å². The van der Waals surface area contributed by atoms with Gasteiger partial charge in [-0.05, 0) is 53.2 Å². The highest BCUT2D eigenvalue weighted by atomic mass is 28.4. The molecule has 2 N–H and O–H groups in total. The van der Waals surface area contributed by atoms with Gasteiger partial charge in [0.05, 0.1) is 11.7 Å². The molecule has 0 aliphatic carbocycles. The van der Waals surface area contributed by atoms with Crippen molar-refractivity contribution in [2.45, 2.75) is 82.7 Å². The molecule has 4 nitrogen and oxygen atoms in total. The highest BCUT2D eigenvalue weighted by Gasteiger charge is 2.47. The van der Waals surface area contributed by atoms with Gasteiger partial charge < -0.3 is 19.5 Å². The van der Waals surface area contributed by atoms with Crippen LogP contribution < -0.4 is 4.43 Å². The van der Waals surface area contributed by atoms with Crippen LogP contribution in [-0.2, 0) is 5.60 Å². The molecular weight excluding hydrogens is 483 g/mol. The highest BCUT2D eigenvalue weighted by molar-refractivity contribution is 6.78. The van der Waals surface area contributed by atoms with E-state index in [4.69, 9.17) is 4.43 Å². The summed E-state index contributed by atoms with van der Waals surface area (Å²) < 4.78 is 50.2. The first-order valence-corrected chi connectivity index (χ1v) is 15.0. The molecule has 200 valence electrons. The molecule has 1 aliphatic heterocycles.